The highest BCUT2D eigenvalue weighted by molar-refractivity contribution is 6.12. The third kappa shape index (κ3) is 5.61. The molecule has 2 heteroatoms. The van der Waals surface area contributed by atoms with Gasteiger partial charge in [0.05, 0.1) is 11.1 Å². The van der Waals surface area contributed by atoms with Gasteiger partial charge in [-0.3, -0.25) is 0 Å². The van der Waals surface area contributed by atoms with Crippen molar-refractivity contribution >= 4 is 39.0 Å². The van der Waals surface area contributed by atoms with Crippen LogP contribution in [0.25, 0.3) is 66.4 Å². The smallest absolute Gasteiger partial charge is 0.159 e. The minimum Gasteiger partial charge on any atom is -0.454 e. The molecule has 0 radical (unpaired) electrons. The summed E-state index contributed by atoms with van der Waals surface area (Å²) in [5.41, 5.74) is 21.7. The zero-order chi connectivity index (χ0) is 44.0. The molecule has 312 valence electrons. The highest BCUT2D eigenvalue weighted by atomic mass is 16.3. The Morgan fingerprint density at radius 2 is 0.879 bits per heavy atom. The Kier molecular flexibility index (Phi) is 8.51. The van der Waals surface area contributed by atoms with Crippen LogP contribution in [0.4, 0.5) is 17.1 Å². The van der Waals surface area contributed by atoms with Crippen LogP contribution >= 0.6 is 0 Å². The SMILES string of the molecule is CC1(C)c2ccccc2-c2ccc(N(c3ccc(-c4ccccc4)cc3)c3cc(-c4ccc5c(c4)C(c4ccccc4)(c4ccccc4)c4ccccc4-5)cc4c3oc3ccccc34)cc21. The normalized spacial score (nSPS) is 13.8. The van der Waals surface area contributed by atoms with E-state index in [-0.39, 0.29) is 5.41 Å². The molecule has 2 aliphatic carbocycles. The van der Waals surface area contributed by atoms with Crippen LogP contribution in [0.5, 0.6) is 0 Å². The van der Waals surface area contributed by atoms with Crippen molar-refractivity contribution in [2.75, 3.05) is 4.90 Å². The van der Waals surface area contributed by atoms with Crippen molar-refractivity contribution in [1.29, 1.82) is 0 Å². The average Bonchev–Trinajstić information content (AvgIpc) is 3.98. The summed E-state index contributed by atoms with van der Waals surface area (Å²) in [6.07, 6.45) is 0. The Hall–Kier alpha value is -8.20. The molecule has 0 bridgehead atoms. The summed E-state index contributed by atoms with van der Waals surface area (Å²) in [7, 11) is 0. The third-order valence-electron chi connectivity index (χ3n) is 14.5. The largest absolute Gasteiger partial charge is 0.454 e. The minimum atomic E-state index is -0.513. The predicted octanol–water partition coefficient (Wildman–Crippen LogP) is 17.1. The number of hydrogen-bond donors (Lipinski definition) is 0. The molecule has 1 aromatic heterocycles. The zero-order valence-corrected chi connectivity index (χ0v) is 36.9. The molecular formula is C64H45NO. The second kappa shape index (κ2) is 14.7. The van der Waals surface area contributed by atoms with Gasteiger partial charge in [0.2, 0.25) is 0 Å². The molecule has 66 heavy (non-hydrogen) atoms. The molecule has 10 aromatic carbocycles. The van der Waals surface area contributed by atoms with Crippen molar-refractivity contribution in [1.82, 2.24) is 0 Å². The number of nitrogens with zero attached hydrogens (tertiary/aromatic N) is 1. The molecule has 0 atom stereocenters. The lowest BCUT2D eigenvalue weighted by Gasteiger charge is -2.34. The van der Waals surface area contributed by atoms with E-state index in [9.17, 15) is 0 Å². The van der Waals surface area contributed by atoms with E-state index >= 15 is 0 Å². The quantitative estimate of drug-likeness (QED) is 0.159. The van der Waals surface area contributed by atoms with E-state index in [4.69, 9.17) is 4.42 Å². The fourth-order valence-electron chi connectivity index (χ4n) is 11.5. The molecule has 0 N–H and O–H groups in total. The van der Waals surface area contributed by atoms with E-state index in [0.29, 0.717) is 0 Å². The number of furan rings is 1. The van der Waals surface area contributed by atoms with Gasteiger partial charge in [0.25, 0.3) is 0 Å². The first-order valence-corrected chi connectivity index (χ1v) is 23.0. The fraction of sp³-hybridized carbons (Fsp3) is 0.0625. The van der Waals surface area contributed by atoms with E-state index < -0.39 is 5.41 Å². The Labute approximate surface area is 385 Å². The Morgan fingerprint density at radius 1 is 0.348 bits per heavy atom. The summed E-state index contributed by atoms with van der Waals surface area (Å²) >= 11 is 0. The summed E-state index contributed by atoms with van der Waals surface area (Å²) < 4.78 is 7.00. The highest BCUT2D eigenvalue weighted by Gasteiger charge is 2.46. The molecule has 2 aliphatic rings. The van der Waals surface area contributed by atoms with Crippen molar-refractivity contribution in [3.05, 3.63) is 270 Å². The maximum Gasteiger partial charge on any atom is 0.159 e. The maximum atomic E-state index is 7.00. The predicted molar refractivity (Wildman–Crippen MR) is 274 cm³/mol. The van der Waals surface area contributed by atoms with Crippen LogP contribution in [-0.2, 0) is 10.8 Å². The Bertz CT molecular complexity index is 3620. The second-order valence-corrected chi connectivity index (χ2v) is 18.4. The minimum absolute atomic E-state index is 0.173. The van der Waals surface area contributed by atoms with Crippen LogP contribution in [0.15, 0.2) is 241 Å². The molecule has 0 saturated heterocycles. The van der Waals surface area contributed by atoms with E-state index in [2.05, 4.69) is 255 Å². The van der Waals surface area contributed by atoms with Crippen molar-refractivity contribution < 1.29 is 4.42 Å². The molecule has 0 aliphatic heterocycles. The molecule has 2 nitrogen and oxygen atoms in total. The van der Waals surface area contributed by atoms with Crippen LogP contribution in [0.3, 0.4) is 0 Å². The Balaban J connectivity index is 1.07. The van der Waals surface area contributed by atoms with Gasteiger partial charge in [-0.05, 0) is 126 Å². The van der Waals surface area contributed by atoms with Gasteiger partial charge in [-0.2, -0.15) is 0 Å². The van der Waals surface area contributed by atoms with Gasteiger partial charge in [-0.15, -0.1) is 0 Å². The topological polar surface area (TPSA) is 16.4 Å². The Morgan fingerprint density at radius 3 is 1.61 bits per heavy atom. The second-order valence-electron chi connectivity index (χ2n) is 18.4. The number of anilines is 3. The molecule has 13 rings (SSSR count). The van der Waals surface area contributed by atoms with Gasteiger partial charge in [-0.1, -0.05) is 202 Å². The first-order valence-electron chi connectivity index (χ1n) is 23.0. The van der Waals surface area contributed by atoms with Crippen LogP contribution in [0.2, 0.25) is 0 Å². The lowest BCUT2D eigenvalue weighted by molar-refractivity contribution is 0.660. The van der Waals surface area contributed by atoms with Crippen LogP contribution in [0.1, 0.15) is 47.2 Å². The van der Waals surface area contributed by atoms with Gasteiger partial charge in [-0.25, -0.2) is 0 Å². The van der Waals surface area contributed by atoms with Gasteiger partial charge < -0.3 is 9.32 Å². The first-order chi connectivity index (χ1) is 32.5. The summed E-state index contributed by atoms with van der Waals surface area (Å²) in [6, 6.07) is 87.0. The summed E-state index contributed by atoms with van der Waals surface area (Å²) in [6.45, 7) is 4.71. The monoisotopic (exact) mass is 843 g/mol. The first kappa shape index (κ1) is 38.3. The lowest BCUT2D eigenvalue weighted by Crippen LogP contribution is -2.28. The molecule has 1 heterocycles. The highest BCUT2D eigenvalue weighted by Crippen LogP contribution is 2.57. The summed E-state index contributed by atoms with van der Waals surface area (Å²) in [5.74, 6) is 0. The molecule has 0 fully saturated rings. The van der Waals surface area contributed by atoms with Gasteiger partial charge in [0, 0.05) is 27.6 Å². The molecule has 0 saturated carbocycles. The van der Waals surface area contributed by atoms with Crippen molar-refractivity contribution in [2.45, 2.75) is 24.7 Å². The summed E-state index contributed by atoms with van der Waals surface area (Å²) in [4.78, 5) is 2.42. The van der Waals surface area contributed by atoms with Gasteiger partial charge in [0.1, 0.15) is 5.58 Å². The zero-order valence-electron chi connectivity index (χ0n) is 36.9. The summed E-state index contributed by atoms with van der Waals surface area (Å²) in [5, 5.41) is 2.18. The fourth-order valence-corrected chi connectivity index (χ4v) is 11.5. The van der Waals surface area contributed by atoms with Crippen molar-refractivity contribution in [2.24, 2.45) is 0 Å². The van der Waals surface area contributed by atoms with E-state index in [1.807, 2.05) is 0 Å². The number of fused-ring (bicyclic) bond motifs is 9. The van der Waals surface area contributed by atoms with Crippen LogP contribution in [-0.4, -0.2) is 0 Å². The van der Waals surface area contributed by atoms with Crippen molar-refractivity contribution in [3.63, 3.8) is 0 Å². The molecule has 0 amide bonds. The van der Waals surface area contributed by atoms with Crippen LogP contribution in [0, 0.1) is 0 Å². The number of benzene rings is 10. The number of rotatable bonds is 7. The number of hydrogen-bond acceptors (Lipinski definition) is 2. The molecule has 0 unspecified atom stereocenters. The molecule has 11 aromatic rings. The average molecular weight is 844 g/mol. The number of para-hydroxylation sites is 1. The standard InChI is InChI=1S/C64H45NO/c1-63(2)56-27-15-12-24-50(56)52-37-35-49(41-58(52)63)65(48-33-30-43(31-34-48)42-18-6-3-7-19-42)60-40-45(38-55-54-26-14-17-29-61(54)66-62(55)60)44-32-36-53-51-25-13-16-28-57(51)64(59(53)39-44,46-20-8-4-9-21-46)47-22-10-5-11-23-47/h3-41H,1-2H3. The van der Waals surface area contributed by atoms with Gasteiger partial charge in [0.15, 0.2) is 5.58 Å². The molecule has 0 spiro atoms. The lowest BCUT2D eigenvalue weighted by atomic mass is 9.67. The van der Waals surface area contributed by atoms with Gasteiger partial charge >= 0.3 is 0 Å². The van der Waals surface area contributed by atoms with E-state index in [1.54, 1.807) is 0 Å². The third-order valence-corrected chi connectivity index (χ3v) is 14.5. The van der Waals surface area contributed by atoms with E-state index in [1.165, 1.54) is 66.8 Å². The van der Waals surface area contributed by atoms with E-state index in [0.717, 1.165) is 50.1 Å². The van der Waals surface area contributed by atoms with Crippen molar-refractivity contribution in [3.8, 4) is 44.5 Å². The molecular weight excluding hydrogens is 799 g/mol. The van der Waals surface area contributed by atoms with Crippen LogP contribution < -0.4 is 4.90 Å². The maximum absolute atomic E-state index is 7.00.